The molecule has 412 valence electrons. The average Bonchev–Trinajstić information content (AvgIpc) is 3.83. The minimum atomic E-state index is -2.68. The largest absolute Gasteiger partial charge is 0.463 e. The summed E-state index contributed by atoms with van der Waals surface area (Å²) >= 11 is 36.3. The number of carbonyl (C=O) groups is 8. The van der Waals surface area contributed by atoms with Crippen molar-refractivity contribution in [2.75, 3.05) is 33.9 Å². The van der Waals surface area contributed by atoms with Gasteiger partial charge in [0, 0.05) is 55.6 Å². The van der Waals surface area contributed by atoms with E-state index in [2.05, 4.69) is 10.6 Å². The van der Waals surface area contributed by atoms with E-state index in [1.807, 2.05) is 18.2 Å². The molecule has 2 saturated heterocycles. The fourth-order valence-corrected chi connectivity index (χ4v) is 8.73. The van der Waals surface area contributed by atoms with Crippen molar-refractivity contribution in [1.82, 2.24) is 15.5 Å². The molecule has 0 unspecified atom stereocenters. The van der Waals surface area contributed by atoms with Crippen LogP contribution in [0.25, 0.3) is 0 Å². The van der Waals surface area contributed by atoms with E-state index >= 15 is 0 Å². The molecular weight excluding hydrogens is 1120 g/mol. The Morgan fingerprint density at radius 2 is 1.00 bits per heavy atom. The van der Waals surface area contributed by atoms with Gasteiger partial charge in [0.05, 0.1) is 25.2 Å². The fraction of sp³-hybridized carbons (Fsp3) is 0.659. The van der Waals surface area contributed by atoms with Crippen LogP contribution in [-0.2, 0) is 102 Å². The number of esters is 6. The van der Waals surface area contributed by atoms with E-state index in [-0.39, 0.29) is 19.2 Å². The van der Waals surface area contributed by atoms with Crippen molar-refractivity contribution in [3.8, 4) is 0 Å². The highest BCUT2D eigenvalue weighted by Crippen LogP contribution is 2.44. The molecule has 1 saturated carbocycles. The van der Waals surface area contributed by atoms with E-state index in [9.17, 15) is 38.4 Å². The molecule has 5 rings (SSSR count). The number of nitrogens with zero attached hydrogens (tertiary/aromatic N) is 2. The van der Waals surface area contributed by atoms with E-state index in [0.29, 0.717) is 0 Å². The Kier molecular flexibility index (Phi) is 21.5. The number of carbonyl (C=O) groups excluding carboxylic acids is 8. The average molecular weight is 1170 g/mol. The number of alkyl halides is 6. The van der Waals surface area contributed by atoms with Gasteiger partial charge in [0.2, 0.25) is 0 Å². The Morgan fingerprint density at radius 3 is 1.39 bits per heavy atom. The van der Waals surface area contributed by atoms with E-state index < -0.39 is 160 Å². The lowest BCUT2D eigenvalue weighted by Gasteiger charge is -2.47. The molecule has 3 aliphatic heterocycles. The molecule has 3 heterocycles. The Labute approximate surface area is 454 Å². The van der Waals surface area contributed by atoms with Crippen molar-refractivity contribution in [1.29, 1.82) is 0 Å². The van der Waals surface area contributed by atoms with Crippen molar-refractivity contribution in [2.24, 2.45) is 10.9 Å². The van der Waals surface area contributed by atoms with E-state index in [1.165, 1.54) is 0 Å². The fourth-order valence-electron chi connectivity index (χ4n) is 8.40. The molecule has 15 atom stereocenters. The lowest BCUT2D eigenvalue weighted by atomic mass is 9.95. The molecule has 0 bridgehead atoms. The summed E-state index contributed by atoms with van der Waals surface area (Å²) in [5.41, 5.74) is 0.754. The van der Waals surface area contributed by atoms with Gasteiger partial charge in [0.1, 0.15) is 55.8 Å². The highest BCUT2D eigenvalue weighted by Gasteiger charge is 2.63. The number of fused-ring (bicyclic) bond motifs is 1. The van der Waals surface area contributed by atoms with Gasteiger partial charge in [0.15, 0.2) is 37.0 Å². The van der Waals surface area contributed by atoms with E-state index in [0.717, 1.165) is 47.1 Å². The molecular formula is C44H54Cl6N4O20. The van der Waals surface area contributed by atoms with Crippen LogP contribution in [0.5, 0.6) is 0 Å². The van der Waals surface area contributed by atoms with Crippen LogP contribution in [-0.4, -0.2) is 186 Å². The van der Waals surface area contributed by atoms with Crippen molar-refractivity contribution in [3.05, 3.63) is 35.9 Å². The maximum atomic E-state index is 13.6. The predicted octanol–water partition coefficient (Wildman–Crippen LogP) is 2.30. The minimum absolute atomic E-state index is 0.0373. The number of hydrogen-bond donors (Lipinski definition) is 2. The van der Waals surface area contributed by atoms with Crippen LogP contribution in [0.3, 0.4) is 0 Å². The van der Waals surface area contributed by atoms with E-state index in [1.54, 1.807) is 31.1 Å². The van der Waals surface area contributed by atoms with Crippen LogP contribution in [0.1, 0.15) is 47.1 Å². The summed E-state index contributed by atoms with van der Waals surface area (Å²) in [6, 6.07) is 4.44. The van der Waals surface area contributed by atoms with Gasteiger partial charge in [-0.3, -0.25) is 38.4 Å². The molecule has 0 spiro atoms. The van der Waals surface area contributed by atoms with Crippen LogP contribution < -0.4 is 10.6 Å². The topological polar surface area (TPSA) is 287 Å². The molecule has 3 fully saturated rings. The van der Waals surface area contributed by atoms with Gasteiger partial charge in [-0.2, -0.15) is 0 Å². The third-order valence-electron chi connectivity index (χ3n) is 11.2. The highest BCUT2D eigenvalue weighted by molar-refractivity contribution is 6.76. The highest BCUT2D eigenvalue weighted by atomic mass is 35.6. The third kappa shape index (κ3) is 16.4. The molecule has 4 aliphatic rings. The zero-order valence-corrected chi connectivity index (χ0v) is 45.2. The minimum Gasteiger partial charge on any atom is -0.463 e. The van der Waals surface area contributed by atoms with Gasteiger partial charge in [-0.15, -0.1) is 0 Å². The third-order valence-corrected chi connectivity index (χ3v) is 12.3. The predicted molar refractivity (Wildman–Crippen MR) is 256 cm³/mol. The quantitative estimate of drug-likeness (QED) is 0.121. The summed E-state index contributed by atoms with van der Waals surface area (Å²) in [5, 5.41) is 4.90. The van der Waals surface area contributed by atoms with Crippen LogP contribution in [0.2, 0.25) is 0 Å². The Balaban J connectivity index is 1.74. The molecule has 0 radical (unpaired) electrons. The van der Waals surface area contributed by atoms with Crippen molar-refractivity contribution >= 4 is 123 Å². The molecule has 30 heteroatoms. The number of halogens is 6. The number of amidine groups is 1. The molecule has 1 aliphatic carbocycles. The first-order valence-electron chi connectivity index (χ1n) is 22.4. The SMILES string of the molecule is CC(=O)OC[C@H]1O[C@@H](O[C@@H]2[C@@H](COCc3ccccc3)[C@@H]3OC(N(C)C)=N[C@@H]3[C@H]2O[C@@H]2O[C@H](COC(C)=O)[C@@H](OC(C)=O)[C@H](OC(C)=O)[C@H]2NC(=O)C(Cl)(Cl)Cl)[C@H](NC(=O)C(Cl)(Cl)Cl)[C@@H](OC(C)=O)[C@@H]1OC(C)=O. The first kappa shape index (κ1) is 60.7. The summed E-state index contributed by atoms with van der Waals surface area (Å²) in [4.78, 5) is 109. The molecule has 1 aromatic carbocycles. The van der Waals surface area contributed by atoms with Gasteiger partial charge in [-0.1, -0.05) is 99.9 Å². The molecule has 0 aromatic heterocycles. The molecule has 74 heavy (non-hydrogen) atoms. The first-order valence-corrected chi connectivity index (χ1v) is 24.7. The number of ether oxygens (including phenoxy) is 12. The van der Waals surface area contributed by atoms with Crippen LogP contribution in [0.4, 0.5) is 0 Å². The van der Waals surface area contributed by atoms with Crippen molar-refractivity contribution in [2.45, 2.75) is 141 Å². The van der Waals surface area contributed by atoms with Gasteiger partial charge >= 0.3 is 35.8 Å². The van der Waals surface area contributed by atoms with Gasteiger partial charge in [-0.05, 0) is 5.56 Å². The summed E-state index contributed by atoms with van der Waals surface area (Å²) in [5.74, 6) is -9.01. The normalized spacial score (nSPS) is 30.5. The number of aliphatic imine (C=N–C) groups is 1. The Bertz CT molecular complexity index is 2240. The zero-order chi connectivity index (χ0) is 55.0. The van der Waals surface area contributed by atoms with Crippen LogP contribution in [0.15, 0.2) is 35.3 Å². The van der Waals surface area contributed by atoms with Gasteiger partial charge < -0.3 is 72.4 Å². The zero-order valence-electron chi connectivity index (χ0n) is 40.7. The van der Waals surface area contributed by atoms with Crippen LogP contribution >= 0.6 is 69.6 Å². The number of amides is 2. The monoisotopic (exact) mass is 1170 g/mol. The maximum absolute atomic E-state index is 13.6. The number of rotatable bonds is 18. The second-order valence-electron chi connectivity index (χ2n) is 17.2. The molecule has 2 amide bonds. The van der Waals surface area contributed by atoms with Crippen molar-refractivity contribution in [3.63, 3.8) is 0 Å². The second kappa shape index (κ2) is 26.2. The standard InChI is InChI=1S/C44H54Cl6N4O20/c1-18(55)64-16-26-33(66-20(3)57)36(68-22(5)59)29(51-40(61)43(45,46)47)38(70-26)72-32-25(15-63-14-24-12-10-9-11-13-24)31-28(53-42(74-31)54(7)8)35(32)73-39-30(52-41(62)44(48,49)50)37(69-23(6)60)34(67-21(4)58)27(71-39)17-65-19(2)56/h9-13,25-39H,14-17H2,1-8H3,(H,51,61)(H,52,62)/t25-,26+,27+,28-,29+,30+,31-,32+,33+,34+,35+,36+,37+,38-,39-/m0/s1. The summed E-state index contributed by atoms with van der Waals surface area (Å²) in [6.45, 7) is 4.75. The summed E-state index contributed by atoms with van der Waals surface area (Å²) in [6.07, 6.45) is -17.6. The lowest BCUT2D eigenvalue weighted by Crippen LogP contribution is -2.69. The van der Waals surface area contributed by atoms with Crippen LogP contribution in [0, 0.1) is 5.92 Å². The van der Waals surface area contributed by atoms with Crippen molar-refractivity contribution < 1.29 is 95.2 Å². The van der Waals surface area contributed by atoms with E-state index in [4.69, 9.17) is 131 Å². The number of benzene rings is 1. The Hall–Kier alpha value is -4.21. The van der Waals surface area contributed by atoms with Gasteiger partial charge in [0.25, 0.3) is 25.4 Å². The maximum Gasteiger partial charge on any atom is 0.303 e. The molecule has 2 N–H and O–H groups in total. The number of nitrogens with one attached hydrogen (secondary N) is 2. The smallest absolute Gasteiger partial charge is 0.303 e. The van der Waals surface area contributed by atoms with Gasteiger partial charge in [-0.25, -0.2) is 4.99 Å². The lowest BCUT2D eigenvalue weighted by molar-refractivity contribution is -0.318. The molecule has 24 nitrogen and oxygen atoms in total. The number of hydrogen-bond acceptors (Lipinski definition) is 22. The Morgan fingerprint density at radius 1 is 0.581 bits per heavy atom. The second-order valence-corrected chi connectivity index (χ2v) is 21.8. The summed E-state index contributed by atoms with van der Waals surface area (Å²) < 4.78 is 67.1. The summed E-state index contributed by atoms with van der Waals surface area (Å²) in [7, 11) is 3.28. The molecule has 1 aromatic rings. The first-order chi connectivity index (χ1) is 34.5.